The number of benzene rings is 1. The minimum absolute atomic E-state index is 0.0268. The molecule has 5 nitrogen and oxygen atoms in total. The Bertz CT molecular complexity index is 812. The van der Waals surface area contributed by atoms with Crippen molar-refractivity contribution >= 4 is 23.5 Å². The van der Waals surface area contributed by atoms with Crippen LogP contribution in [0, 0.1) is 17.6 Å². The number of amides is 1. The van der Waals surface area contributed by atoms with Gasteiger partial charge in [-0.05, 0) is 24.5 Å². The van der Waals surface area contributed by atoms with Crippen molar-refractivity contribution in [1.82, 2.24) is 4.90 Å². The molecule has 2 rings (SSSR count). The molecular weight excluding hydrogens is 326 g/mol. The highest BCUT2D eigenvalue weighted by atomic mass is 19.1. The van der Waals surface area contributed by atoms with Gasteiger partial charge in [0.05, 0.1) is 28.9 Å². The normalized spacial score (nSPS) is 17.1. The SMILES string of the molecule is C=CN1C=C(c2c(F)ccc(N)c2F)N=C/C1=C(\C(N)=O)C(C)CC. The molecule has 1 aliphatic heterocycles. The maximum absolute atomic E-state index is 14.2. The second kappa shape index (κ2) is 7.29. The Hall–Kier alpha value is -2.96. The Balaban J connectivity index is 2.60. The van der Waals surface area contributed by atoms with Crippen molar-refractivity contribution < 1.29 is 13.6 Å². The third kappa shape index (κ3) is 3.45. The summed E-state index contributed by atoms with van der Waals surface area (Å²) in [5.41, 5.74) is 11.3. The average Bonchev–Trinajstić information content (AvgIpc) is 2.59. The fourth-order valence-corrected chi connectivity index (χ4v) is 2.55. The van der Waals surface area contributed by atoms with E-state index in [2.05, 4.69) is 11.6 Å². The number of nitrogen functional groups attached to an aromatic ring is 1. The third-order valence-corrected chi connectivity index (χ3v) is 4.09. The fourth-order valence-electron chi connectivity index (χ4n) is 2.55. The summed E-state index contributed by atoms with van der Waals surface area (Å²) < 4.78 is 28.3. The molecule has 1 unspecified atom stereocenters. The molecule has 0 saturated carbocycles. The molecule has 132 valence electrons. The van der Waals surface area contributed by atoms with E-state index >= 15 is 0 Å². The molecule has 0 saturated heterocycles. The Morgan fingerprint density at radius 2 is 2.12 bits per heavy atom. The van der Waals surface area contributed by atoms with E-state index in [1.807, 2.05) is 13.8 Å². The van der Waals surface area contributed by atoms with Crippen molar-refractivity contribution in [3.05, 3.63) is 59.6 Å². The number of hydrogen-bond acceptors (Lipinski definition) is 4. The van der Waals surface area contributed by atoms with Gasteiger partial charge in [-0.15, -0.1) is 0 Å². The van der Waals surface area contributed by atoms with Crippen molar-refractivity contribution in [2.45, 2.75) is 20.3 Å². The van der Waals surface area contributed by atoms with Crippen LogP contribution in [0.5, 0.6) is 0 Å². The Kier molecular flexibility index (Phi) is 5.36. The Morgan fingerprint density at radius 1 is 1.44 bits per heavy atom. The number of anilines is 1. The number of nitrogens with two attached hydrogens (primary N) is 2. The van der Waals surface area contributed by atoms with Gasteiger partial charge in [0, 0.05) is 18.0 Å². The van der Waals surface area contributed by atoms with Crippen LogP contribution in [-0.4, -0.2) is 17.0 Å². The molecule has 0 fully saturated rings. The Labute approximate surface area is 145 Å². The molecule has 1 aromatic rings. The van der Waals surface area contributed by atoms with Crippen LogP contribution in [0.2, 0.25) is 0 Å². The lowest BCUT2D eigenvalue weighted by Gasteiger charge is -2.26. The van der Waals surface area contributed by atoms with Gasteiger partial charge in [-0.2, -0.15) is 0 Å². The highest BCUT2D eigenvalue weighted by molar-refractivity contribution is 6.01. The first-order chi connectivity index (χ1) is 11.8. The maximum atomic E-state index is 14.2. The largest absolute Gasteiger partial charge is 0.396 e. The van der Waals surface area contributed by atoms with E-state index < -0.39 is 17.5 Å². The molecule has 0 aliphatic carbocycles. The van der Waals surface area contributed by atoms with Crippen molar-refractivity contribution in [2.24, 2.45) is 16.6 Å². The van der Waals surface area contributed by atoms with Crippen LogP contribution in [0.25, 0.3) is 5.70 Å². The van der Waals surface area contributed by atoms with Crippen molar-refractivity contribution in [2.75, 3.05) is 5.73 Å². The van der Waals surface area contributed by atoms with Crippen LogP contribution < -0.4 is 11.5 Å². The number of carbonyl (C=O) groups excluding carboxylic acids is 1. The zero-order valence-electron chi connectivity index (χ0n) is 14.1. The van der Waals surface area contributed by atoms with E-state index in [0.717, 1.165) is 12.1 Å². The summed E-state index contributed by atoms with van der Waals surface area (Å²) >= 11 is 0. The maximum Gasteiger partial charge on any atom is 0.247 e. The fraction of sp³-hybridized carbons (Fsp3) is 0.222. The predicted molar refractivity (Wildman–Crippen MR) is 95.0 cm³/mol. The van der Waals surface area contributed by atoms with Crippen molar-refractivity contribution in [1.29, 1.82) is 0 Å². The quantitative estimate of drug-likeness (QED) is 0.634. The first kappa shape index (κ1) is 18.4. The van der Waals surface area contributed by atoms with E-state index in [1.54, 1.807) is 0 Å². The van der Waals surface area contributed by atoms with Crippen LogP contribution in [0.4, 0.5) is 14.5 Å². The number of rotatable bonds is 5. The van der Waals surface area contributed by atoms with E-state index in [-0.39, 0.29) is 22.9 Å². The highest BCUT2D eigenvalue weighted by Gasteiger charge is 2.24. The lowest BCUT2D eigenvalue weighted by Crippen LogP contribution is -2.27. The zero-order chi connectivity index (χ0) is 18.7. The summed E-state index contributed by atoms with van der Waals surface area (Å²) in [5.74, 6) is -2.38. The summed E-state index contributed by atoms with van der Waals surface area (Å²) in [7, 11) is 0. The third-order valence-electron chi connectivity index (χ3n) is 4.09. The molecule has 0 bridgehead atoms. The molecule has 7 heteroatoms. The first-order valence-electron chi connectivity index (χ1n) is 7.76. The van der Waals surface area contributed by atoms with Gasteiger partial charge in [0.1, 0.15) is 5.82 Å². The van der Waals surface area contributed by atoms with Gasteiger partial charge in [-0.3, -0.25) is 9.79 Å². The Morgan fingerprint density at radius 3 is 2.68 bits per heavy atom. The summed E-state index contributed by atoms with van der Waals surface area (Å²) in [6, 6.07) is 2.22. The van der Waals surface area contributed by atoms with Crippen LogP contribution in [0.3, 0.4) is 0 Å². The number of primary amides is 1. The first-order valence-corrected chi connectivity index (χ1v) is 7.76. The van der Waals surface area contributed by atoms with Crippen LogP contribution in [0.1, 0.15) is 25.8 Å². The van der Waals surface area contributed by atoms with E-state index in [9.17, 15) is 13.6 Å². The molecule has 1 heterocycles. The number of hydrogen-bond donors (Lipinski definition) is 2. The van der Waals surface area contributed by atoms with Crippen LogP contribution in [0.15, 0.2) is 47.4 Å². The predicted octanol–water partition coefficient (Wildman–Crippen LogP) is 3.16. The molecule has 1 aliphatic rings. The summed E-state index contributed by atoms with van der Waals surface area (Å²) in [4.78, 5) is 17.4. The summed E-state index contributed by atoms with van der Waals surface area (Å²) in [6.07, 6.45) is 4.84. The number of halogens is 2. The summed E-state index contributed by atoms with van der Waals surface area (Å²) in [6.45, 7) is 7.45. The van der Waals surface area contributed by atoms with E-state index in [0.29, 0.717) is 17.7 Å². The molecule has 1 amide bonds. The van der Waals surface area contributed by atoms with Gasteiger partial charge in [0.15, 0.2) is 5.82 Å². The van der Waals surface area contributed by atoms with E-state index in [4.69, 9.17) is 11.5 Å². The number of carbonyl (C=O) groups is 1. The van der Waals surface area contributed by atoms with Gasteiger partial charge in [-0.1, -0.05) is 20.4 Å². The smallest absolute Gasteiger partial charge is 0.247 e. The molecular formula is C18H20F2N4O. The highest BCUT2D eigenvalue weighted by Crippen LogP contribution is 2.31. The minimum atomic E-state index is -0.892. The minimum Gasteiger partial charge on any atom is -0.396 e. The zero-order valence-corrected chi connectivity index (χ0v) is 14.1. The van der Waals surface area contributed by atoms with Gasteiger partial charge in [-0.25, -0.2) is 8.78 Å². The standard InChI is InChI=1S/C18H20F2N4O/c1-4-10(3)15(18(22)25)14-8-23-13(9-24(14)5-2)16-11(19)6-7-12(21)17(16)20/h5-10H,2,4,21H2,1,3H3,(H2,22,25)/b15-14+. The lowest BCUT2D eigenvalue weighted by molar-refractivity contribution is -0.115. The lowest BCUT2D eigenvalue weighted by atomic mass is 9.95. The summed E-state index contributed by atoms with van der Waals surface area (Å²) in [5, 5.41) is 0. The molecule has 1 aromatic carbocycles. The van der Waals surface area contributed by atoms with Gasteiger partial charge >= 0.3 is 0 Å². The van der Waals surface area contributed by atoms with Crippen molar-refractivity contribution in [3.8, 4) is 0 Å². The monoisotopic (exact) mass is 346 g/mol. The molecule has 4 N–H and O–H groups in total. The molecule has 0 aromatic heterocycles. The topological polar surface area (TPSA) is 84.7 Å². The van der Waals surface area contributed by atoms with Crippen LogP contribution >= 0.6 is 0 Å². The molecule has 1 atom stereocenters. The van der Waals surface area contributed by atoms with Gasteiger partial charge < -0.3 is 16.4 Å². The van der Waals surface area contributed by atoms with E-state index in [1.165, 1.54) is 23.5 Å². The van der Waals surface area contributed by atoms with Gasteiger partial charge in [0.25, 0.3) is 0 Å². The second-order valence-corrected chi connectivity index (χ2v) is 5.66. The number of nitrogens with zero attached hydrogens (tertiary/aromatic N) is 2. The number of aliphatic imine (C=N–C) groups is 1. The van der Waals surface area contributed by atoms with Crippen LogP contribution in [-0.2, 0) is 4.79 Å². The molecule has 25 heavy (non-hydrogen) atoms. The molecule has 0 spiro atoms. The molecule has 0 radical (unpaired) electrons. The van der Waals surface area contributed by atoms with Crippen molar-refractivity contribution in [3.63, 3.8) is 0 Å². The second-order valence-electron chi connectivity index (χ2n) is 5.66. The number of allylic oxidation sites excluding steroid dienone is 1. The van der Waals surface area contributed by atoms with Gasteiger partial charge in [0.2, 0.25) is 5.91 Å². The average molecular weight is 346 g/mol.